The van der Waals surface area contributed by atoms with Crippen molar-refractivity contribution in [3.63, 3.8) is 0 Å². The molecule has 0 saturated carbocycles. The van der Waals surface area contributed by atoms with E-state index in [2.05, 4.69) is 4.98 Å². The third-order valence-corrected chi connectivity index (χ3v) is 2.00. The maximum atomic E-state index is 5.41. The SMILES string of the molecule is NCCOc1ccc2ccncc2c1. The standard InChI is InChI=1S/C11H12N2O/c12-4-6-14-11-2-1-9-3-5-13-8-10(9)7-11/h1-3,5,7-8H,4,6,12H2. The summed E-state index contributed by atoms with van der Waals surface area (Å²) in [5.74, 6) is 0.843. The van der Waals surface area contributed by atoms with Gasteiger partial charge in [-0.2, -0.15) is 0 Å². The predicted octanol–water partition coefficient (Wildman–Crippen LogP) is 1.57. The molecule has 0 spiro atoms. The van der Waals surface area contributed by atoms with Crippen LogP contribution < -0.4 is 10.5 Å². The minimum absolute atomic E-state index is 0.533. The van der Waals surface area contributed by atoms with Crippen LogP contribution in [0.3, 0.4) is 0 Å². The molecule has 3 heteroatoms. The first-order valence-electron chi connectivity index (χ1n) is 4.57. The van der Waals surface area contributed by atoms with Gasteiger partial charge in [-0.25, -0.2) is 0 Å². The number of benzene rings is 1. The lowest BCUT2D eigenvalue weighted by molar-refractivity contribution is 0.329. The lowest BCUT2D eigenvalue weighted by atomic mass is 10.2. The van der Waals surface area contributed by atoms with E-state index < -0.39 is 0 Å². The topological polar surface area (TPSA) is 48.1 Å². The molecular formula is C11H12N2O. The van der Waals surface area contributed by atoms with Crippen molar-refractivity contribution in [2.45, 2.75) is 0 Å². The largest absolute Gasteiger partial charge is 0.492 e. The number of nitrogens with two attached hydrogens (primary N) is 1. The number of ether oxygens (including phenoxy) is 1. The van der Waals surface area contributed by atoms with Crippen LogP contribution in [0.1, 0.15) is 0 Å². The molecule has 0 unspecified atom stereocenters. The molecule has 1 heterocycles. The molecule has 0 aliphatic carbocycles. The first-order chi connectivity index (χ1) is 6.90. The molecule has 0 amide bonds. The van der Waals surface area contributed by atoms with Crippen LogP contribution in [-0.4, -0.2) is 18.1 Å². The number of nitrogens with zero attached hydrogens (tertiary/aromatic N) is 1. The first kappa shape index (κ1) is 8.97. The van der Waals surface area contributed by atoms with Gasteiger partial charge in [0.25, 0.3) is 0 Å². The first-order valence-corrected chi connectivity index (χ1v) is 4.57. The Balaban J connectivity index is 2.32. The average molecular weight is 188 g/mol. The molecule has 0 bridgehead atoms. The molecule has 72 valence electrons. The van der Waals surface area contributed by atoms with Crippen molar-refractivity contribution < 1.29 is 4.74 Å². The molecule has 0 saturated heterocycles. The molecular weight excluding hydrogens is 176 g/mol. The van der Waals surface area contributed by atoms with E-state index in [4.69, 9.17) is 10.5 Å². The van der Waals surface area contributed by atoms with Crippen LogP contribution in [0.25, 0.3) is 10.8 Å². The van der Waals surface area contributed by atoms with Crippen LogP contribution >= 0.6 is 0 Å². The van der Waals surface area contributed by atoms with Gasteiger partial charge in [0.15, 0.2) is 0 Å². The summed E-state index contributed by atoms with van der Waals surface area (Å²) in [5, 5.41) is 2.25. The summed E-state index contributed by atoms with van der Waals surface area (Å²) in [4.78, 5) is 4.05. The fourth-order valence-electron chi connectivity index (χ4n) is 1.33. The van der Waals surface area contributed by atoms with E-state index in [1.165, 1.54) is 5.39 Å². The molecule has 1 aromatic carbocycles. The number of aromatic nitrogens is 1. The Kier molecular flexibility index (Phi) is 2.60. The van der Waals surface area contributed by atoms with Gasteiger partial charge in [-0.1, -0.05) is 6.07 Å². The summed E-state index contributed by atoms with van der Waals surface area (Å²) in [6, 6.07) is 7.90. The summed E-state index contributed by atoms with van der Waals surface area (Å²) < 4.78 is 5.41. The number of hydrogen-bond donors (Lipinski definition) is 1. The minimum Gasteiger partial charge on any atom is -0.492 e. The smallest absolute Gasteiger partial charge is 0.120 e. The Hall–Kier alpha value is -1.61. The monoisotopic (exact) mass is 188 g/mol. The quantitative estimate of drug-likeness (QED) is 0.795. The highest BCUT2D eigenvalue weighted by Gasteiger charge is 1.96. The zero-order valence-electron chi connectivity index (χ0n) is 7.81. The fraction of sp³-hybridized carbons (Fsp3) is 0.182. The molecule has 0 aliphatic rings. The predicted molar refractivity (Wildman–Crippen MR) is 56.3 cm³/mol. The van der Waals surface area contributed by atoms with Crippen molar-refractivity contribution in [1.82, 2.24) is 4.98 Å². The molecule has 14 heavy (non-hydrogen) atoms. The maximum Gasteiger partial charge on any atom is 0.120 e. The third-order valence-electron chi connectivity index (χ3n) is 2.00. The van der Waals surface area contributed by atoms with E-state index in [-0.39, 0.29) is 0 Å². The van der Waals surface area contributed by atoms with E-state index in [0.717, 1.165) is 11.1 Å². The average Bonchev–Trinajstić information content (AvgIpc) is 2.26. The van der Waals surface area contributed by atoms with Crippen molar-refractivity contribution in [3.8, 4) is 5.75 Å². The van der Waals surface area contributed by atoms with Gasteiger partial charge >= 0.3 is 0 Å². The highest BCUT2D eigenvalue weighted by Crippen LogP contribution is 2.19. The van der Waals surface area contributed by atoms with E-state index in [9.17, 15) is 0 Å². The molecule has 3 nitrogen and oxygen atoms in total. The van der Waals surface area contributed by atoms with Crippen molar-refractivity contribution >= 4 is 10.8 Å². The van der Waals surface area contributed by atoms with Crippen LogP contribution in [0, 0.1) is 0 Å². The zero-order chi connectivity index (χ0) is 9.80. The molecule has 0 radical (unpaired) electrons. The van der Waals surface area contributed by atoms with Gasteiger partial charge in [0, 0.05) is 24.3 Å². The van der Waals surface area contributed by atoms with Gasteiger partial charge in [0.2, 0.25) is 0 Å². The Labute approximate surface area is 82.5 Å². The molecule has 0 aliphatic heterocycles. The van der Waals surface area contributed by atoms with E-state index in [1.54, 1.807) is 6.20 Å². The van der Waals surface area contributed by atoms with Crippen LogP contribution in [0.5, 0.6) is 5.75 Å². The van der Waals surface area contributed by atoms with Crippen LogP contribution in [0.4, 0.5) is 0 Å². The van der Waals surface area contributed by atoms with Gasteiger partial charge in [0.1, 0.15) is 12.4 Å². The van der Waals surface area contributed by atoms with E-state index >= 15 is 0 Å². The summed E-state index contributed by atoms with van der Waals surface area (Å²) in [6.07, 6.45) is 3.60. The normalized spacial score (nSPS) is 10.4. The van der Waals surface area contributed by atoms with Gasteiger partial charge < -0.3 is 10.5 Å². The Morgan fingerprint density at radius 1 is 1.21 bits per heavy atom. The summed E-state index contributed by atoms with van der Waals surface area (Å²) >= 11 is 0. The Bertz CT molecular complexity index is 428. The lowest BCUT2D eigenvalue weighted by Gasteiger charge is -2.04. The zero-order valence-corrected chi connectivity index (χ0v) is 7.81. The highest BCUT2D eigenvalue weighted by atomic mass is 16.5. The molecule has 1 aromatic heterocycles. The van der Waals surface area contributed by atoms with Crippen molar-refractivity contribution in [3.05, 3.63) is 36.7 Å². The highest BCUT2D eigenvalue weighted by molar-refractivity contribution is 5.82. The number of fused-ring (bicyclic) bond motifs is 1. The summed E-state index contributed by atoms with van der Waals surface area (Å²) in [6.45, 7) is 1.08. The van der Waals surface area contributed by atoms with Crippen LogP contribution in [0.2, 0.25) is 0 Å². The second-order valence-corrected chi connectivity index (χ2v) is 3.02. The summed E-state index contributed by atoms with van der Waals surface area (Å²) in [7, 11) is 0. The van der Waals surface area contributed by atoms with Gasteiger partial charge in [-0.3, -0.25) is 4.98 Å². The van der Waals surface area contributed by atoms with Crippen LogP contribution in [0.15, 0.2) is 36.7 Å². The number of rotatable bonds is 3. The van der Waals surface area contributed by atoms with E-state index in [0.29, 0.717) is 13.2 Å². The summed E-state index contributed by atoms with van der Waals surface area (Å²) in [5.41, 5.74) is 5.35. The Morgan fingerprint density at radius 2 is 2.14 bits per heavy atom. The van der Waals surface area contributed by atoms with Crippen molar-refractivity contribution in [1.29, 1.82) is 0 Å². The molecule has 2 N–H and O–H groups in total. The second kappa shape index (κ2) is 4.07. The minimum atomic E-state index is 0.533. The Morgan fingerprint density at radius 3 is 3.00 bits per heavy atom. The van der Waals surface area contributed by atoms with Gasteiger partial charge in [0.05, 0.1) is 0 Å². The second-order valence-electron chi connectivity index (χ2n) is 3.02. The molecule has 0 fully saturated rings. The fourth-order valence-corrected chi connectivity index (χ4v) is 1.33. The van der Waals surface area contributed by atoms with Crippen LogP contribution in [-0.2, 0) is 0 Å². The molecule has 2 rings (SSSR count). The maximum absolute atomic E-state index is 5.41. The van der Waals surface area contributed by atoms with Gasteiger partial charge in [-0.15, -0.1) is 0 Å². The van der Waals surface area contributed by atoms with Gasteiger partial charge in [-0.05, 0) is 23.6 Å². The van der Waals surface area contributed by atoms with Crippen molar-refractivity contribution in [2.75, 3.05) is 13.2 Å². The third kappa shape index (κ3) is 1.83. The lowest BCUT2D eigenvalue weighted by Crippen LogP contribution is -2.10. The van der Waals surface area contributed by atoms with E-state index in [1.807, 2.05) is 30.5 Å². The molecule has 0 atom stereocenters. The number of pyridine rings is 1. The molecule has 2 aromatic rings. The number of hydrogen-bond acceptors (Lipinski definition) is 3. The van der Waals surface area contributed by atoms with Crippen molar-refractivity contribution in [2.24, 2.45) is 5.73 Å².